The Balaban J connectivity index is 1.63. The van der Waals surface area contributed by atoms with Crippen molar-refractivity contribution in [2.24, 2.45) is 5.92 Å². The predicted octanol–water partition coefficient (Wildman–Crippen LogP) is 0.685. The third kappa shape index (κ3) is 4.31. The standard InChI is InChI=1S/C18H26N4O4/c1-2-25-9-3-6-19-18(24)13-12-20-14-4-5-15(21-16(14)17(13)23)22-7-10-26-11-8-22/h4-5,13,20H,2-3,6-12H2,1H3,(H,19,24). The fraction of sp³-hybridized carbons (Fsp3) is 0.611. The van der Waals surface area contributed by atoms with Gasteiger partial charge in [-0.1, -0.05) is 0 Å². The molecule has 1 atom stereocenters. The summed E-state index contributed by atoms with van der Waals surface area (Å²) in [5.74, 6) is -0.485. The minimum absolute atomic E-state index is 0.226. The van der Waals surface area contributed by atoms with Gasteiger partial charge in [0.05, 0.1) is 18.9 Å². The summed E-state index contributed by atoms with van der Waals surface area (Å²) >= 11 is 0. The van der Waals surface area contributed by atoms with E-state index in [1.807, 2.05) is 19.1 Å². The van der Waals surface area contributed by atoms with Crippen molar-refractivity contribution in [3.05, 3.63) is 17.8 Å². The van der Waals surface area contributed by atoms with E-state index in [1.165, 1.54) is 0 Å². The number of carbonyl (C=O) groups excluding carboxylic acids is 2. The molecule has 2 aliphatic rings. The van der Waals surface area contributed by atoms with Crippen molar-refractivity contribution in [2.45, 2.75) is 13.3 Å². The van der Waals surface area contributed by atoms with Gasteiger partial charge >= 0.3 is 0 Å². The van der Waals surface area contributed by atoms with Crippen LogP contribution in [0.3, 0.4) is 0 Å². The largest absolute Gasteiger partial charge is 0.382 e. The van der Waals surface area contributed by atoms with Crippen LogP contribution in [0.5, 0.6) is 0 Å². The van der Waals surface area contributed by atoms with Gasteiger partial charge in [0, 0.05) is 39.4 Å². The highest BCUT2D eigenvalue weighted by Crippen LogP contribution is 2.26. The summed E-state index contributed by atoms with van der Waals surface area (Å²) in [6, 6.07) is 3.76. The van der Waals surface area contributed by atoms with E-state index in [1.54, 1.807) is 0 Å². The SMILES string of the molecule is CCOCCCNC(=O)C1CNc2ccc(N3CCOCC3)nc2C1=O. The summed E-state index contributed by atoms with van der Waals surface area (Å²) in [5.41, 5.74) is 1.03. The number of nitrogens with zero attached hydrogens (tertiary/aromatic N) is 2. The molecule has 3 heterocycles. The monoisotopic (exact) mass is 362 g/mol. The van der Waals surface area contributed by atoms with E-state index in [0.29, 0.717) is 50.9 Å². The number of ether oxygens (including phenoxy) is 2. The number of anilines is 2. The minimum Gasteiger partial charge on any atom is -0.382 e. The number of rotatable bonds is 7. The Bertz CT molecular complexity index is 646. The highest BCUT2D eigenvalue weighted by molar-refractivity contribution is 6.13. The molecule has 0 saturated carbocycles. The van der Waals surface area contributed by atoms with Gasteiger partial charge in [0.2, 0.25) is 5.91 Å². The molecular weight excluding hydrogens is 336 g/mol. The van der Waals surface area contributed by atoms with Gasteiger partial charge in [-0.3, -0.25) is 9.59 Å². The van der Waals surface area contributed by atoms with E-state index in [0.717, 1.165) is 25.3 Å². The van der Waals surface area contributed by atoms with Crippen molar-refractivity contribution in [3.8, 4) is 0 Å². The van der Waals surface area contributed by atoms with Crippen LogP contribution in [0.4, 0.5) is 11.5 Å². The summed E-state index contributed by atoms with van der Waals surface area (Å²) < 4.78 is 10.6. The van der Waals surface area contributed by atoms with Crippen molar-refractivity contribution in [3.63, 3.8) is 0 Å². The van der Waals surface area contributed by atoms with Gasteiger partial charge in [-0.25, -0.2) is 4.98 Å². The summed E-state index contributed by atoms with van der Waals surface area (Å²) in [5, 5.41) is 5.97. The molecule has 26 heavy (non-hydrogen) atoms. The van der Waals surface area contributed by atoms with Gasteiger partial charge in [0.1, 0.15) is 17.4 Å². The molecule has 1 aromatic rings. The zero-order chi connectivity index (χ0) is 18.4. The molecule has 142 valence electrons. The fourth-order valence-electron chi connectivity index (χ4n) is 3.08. The Kier molecular flexibility index (Phi) is 6.40. The van der Waals surface area contributed by atoms with E-state index < -0.39 is 5.92 Å². The quantitative estimate of drug-likeness (QED) is 0.544. The Morgan fingerprint density at radius 1 is 1.42 bits per heavy atom. The van der Waals surface area contributed by atoms with E-state index in [4.69, 9.17) is 9.47 Å². The second-order valence-electron chi connectivity index (χ2n) is 6.30. The number of pyridine rings is 1. The molecule has 3 rings (SSSR count). The first kappa shape index (κ1) is 18.6. The number of fused-ring (bicyclic) bond motifs is 1. The maximum Gasteiger partial charge on any atom is 0.232 e. The van der Waals surface area contributed by atoms with Crippen molar-refractivity contribution < 1.29 is 19.1 Å². The number of carbonyl (C=O) groups is 2. The third-order valence-corrected chi connectivity index (χ3v) is 4.55. The number of ketones is 1. The maximum atomic E-state index is 12.8. The molecule has 1 fully saturated rings. The first-order chi connectivity index (χ1) is 12.7. The lowest BCUT2D eigenvalue weighted by Gasteiger charge is -2.29. The van der Waals surface area contributed by atoms with Crippen LogP contribution in [-0.4, -0.2) is 69.3 Å². The molecule has 1 saturated heterocycles. The topological polar surface area (TPSA) is 92.8 Å². The second kappa shape index (κ2) is 8.95. The molecule has 8 heteroatoms. The molecule has 1 aromatic heterocycles. The first-order valence-corrected chi connectivity index (χ1v) is 9.18. The lowest BCUT2D eigenvalue weighted by atomic mass is 9.95. The number of amides is 1. The zero-order valence-corrected chi connectivity index (χ0v) is 15.1. The lowest BCUT2D eigenvalue weighted by Crippen LogP contribution is -2.43. The first-order valence-electron chi connectivity index (χ1n) is 9.18. The van der Waals surface area contributed by atoms with Gasteiger partial charge in [0.15, 0.2) is 5.78 Å². The molecule has 0 spiro atoms. The predicted molar refractivity (Wildman–Crippen MR) is 97.7 cm³/mol. The van der Waals surface area contributed by atoms with E-state index in [2.05, 4.69) is 20.5 Å². The molecule has 2 N–H and O–H groups in total. The highest BCUT2D eigenvalue weighted by atomic mass is 16.5. The third-order valence-electron chi connectivity index (χ3n) is 4.55. The Hall–Kier alpha value is -2.19. The number of hydrogen-bond donors (Lipinski definition) is 2. The van der Waals surface area contributed by atoms with Crippen LogP contribution in [0.2, 0.25) is 0 Å². The molecule has 0 radical (unpaired) electrons. The van der Waals surface area contributed by atoms with E-state index in [-0.39, 0.29) is 11.7 Å². The molecule has 2 aliphatic heterocycles. The minimum atomic E-state index is -0.748. The average Bonchev–Trinajstić information content (AvgIpc) is 2.68. The molecule has 1 unspecified atom stereocenters. The van der Waals surface area contributed by atoms with Crippen LogP contribution in [0.25, 0.3) is 0 Å². The van der Waals surface area contributed by atoms with Crippen LogP contribution in [-0.2, 0) is 14.3 Å². The molecule has 0 bridgehead atoms. The zero-order valence-electron chi connectivity index (χ0n) is 15.1. The highest BCUT2D eigenvalue weighted by Gasteiger charge is 2.34. The fourth-order valence-corrected chi connectivity index (χ4v) is 3.08. The number of morpholine rings is 1. The molecule has 8 nitrogen and oxygen atoms in total. The Labute approximate surface area is 153 Å². The van der Waals surface area contributed by atoms with E-state index in [9.17, 15) is 9.59 Å². The molecule has 0 aromatic carbocycles. The summed E-state index contributed by atoms with van der Waals surface area (Å²) in [4.78, 5) is 31.8. The average molecular weight is 362 g/mol. The lowest BCUT2D eigenvalue weighted by molar-refractivity contribution is -0.123. The number of aromatic nitrogens is 1. The molecule has 1 amide bonds. The van der Waals surface area contributed by atoms with Gasteiger partial charge in [-0.2, -0.15) is 0 Å². The Morgan fingerprint density at radius 2 is 2.23 bits per heavy atom. The van der Waals surface area contributed by atoms with Crippen LogP contribution >= 0.6 is 0 Å². The second-order valence-corrected chi connectivity index (χ2v) is 6.30. The van der Waals surface area contributed by atoms with Crippen LogP contribution < -0.4 is 15.5 Å². The number of Topliss-reactive ketones (excluding diaryl/α,β-unsaturated/α-hetero) is 1. The van der Waals surface area contributed by atoms with Gasteiger partial charge in [-0.15, -0.1) is 0 Å². The maximum absolute atomic E-state index is 12.8. The van der Waals surface area contributed by atoms with Crippen LogP contribution in [0.15, 0.2) is 12.1 Å². The van der Waals surface area contributed by atoms with Crippen molar-refractivity contribution in [2.75, 3.05) is 62.8 Å². The van der Waals surface area contributed by atoms with Crippen molar-refractivity contribution in [1.82, 2.24) is 10.3 Å². The van der Waals surface area contributed by atoms with Crippen LogP contribution in [0.1, 0.15) is 23.8 Å². The number of hydrogen-bond acceptors (Lipinski definition) is 7. The molecule has 0 aliphatic carbocycles. The van der Waals surface area contributed by atoms with Gasteiger partial charge < -0.3 is 25.0 Å². The van der Waals surface area contributed by atoms with Gasteiger partial charge in [0.25, 0.3) is 0 Å². The smallest absolute Gasteiger partial charge is 0.232 e. The van der Waals surface area contributed by atoms with Gasteiger partial charge in [-0.05, 0) is 25.5 Å². The summed E-state index contributed by atoms with van der Waals surface area (Å²) in [7, 11) is 0. The molecular formula is C18H26N4O4. The van der Waals surface area contributed by atoms with Crippen LogP contribution in [0, 0.1) is 5.92 Å². The summed E-state index contributed by atoms with van der Waals surface area (Å²) in [6.45, 7) is 6.77. The van der Waals surface area contributed by atoms with Crippen molar-refractivity contribution >= 4 is 23.2 Å². The van der Waals surface area contributed by atoms with E-state index >= 15 is 0 Å². The number of nitrogens with one attached hydrogen (secondary N) is 2. The van der Waals surface area contributed by atoms with Crippen molar-refractivity contribution in [1.29, 1.82) is 0 Å². The summed E-state index contributed by atoms with van der Waals surface area (Å²) in [6.07, 6.45) is 0.726. The normalized spacial score (nSPS) is 19.7. The Morgan fingerprint density at radius 3 is 3.00 bits per heavy atom.